The number of esters is 1. The van der Waals surface area contributed by atoms with Gasteiger partial charge < -0.3 is 25.4 Å². The van der Waals surface area contributed by atoms with Gasteiger partial charge in [0.1, 0.15) is 18.7 Å². The standard InChI is InChI=1S/C17H27N3O6/c1-6-8-18-13(21)10-12(16(23)25-5)19-15(22)14(11(3)4)20-17(24)26-9-7-2/h6-7,11-12,14H,1-2,8-10H2,3-5H3,(H,18,21)(H,19,22)(H,20,24)/t12-,14-/m0/s1. The Labute approximate surface area is 153 Å². The number of hydrogen-bond donors (Lipinski definition) is 3. The highest BCUT2D eigenvalue weighted by atomic mass is 16.5. The van der Waals surface area contributed by atoms with Crippen molar-refractivity contribution < 1.29 is 28.7 Å². The second kappa shape index (κ2) is 12.5. The molecule has 0 unspecified atom stereocenters. The minimum atomic E-state index is -1.19. The van der Waals surface area contributed by atoms with Gasteiger partial charge in [0.05, 0.1) is 13.5 Å². The molecule has 0 aliphatic rings. The quantitative estimate of drug-likeness (QED) is 0.355. The Kier molecular flexibility index (Phi) is 11.1. The third-order valence-corrected chi connectivity index (χ3v) is 3.19. The number of alkyl carbamates (subject to hydrolysis) is 1. The molecule has 0 spiro atoms. The van der Waals surface area contributed by atoms with E-state index in [1.807, 2.05) is 0 Å². The van der Waals surface area contributed by atoms with Crippen LogP contribution in [-0.4, -0.2) is 56.2 Å². The van der Waals surface area contributed by atoms with Crippen LogP contribution < -0.4 is 16.0 Å². The fourth-order valence-corrected chi connectivity index (χ4v) is 1.88. The Hall–Kier alpha value is -2.84. The molecule has 0 rings (SSSR count). The third kappa shape index (κ3) is 8.86. The summed E-state index contributed by atoms with van der Waals surface area (Å²) in [6.45, 7) is 10.5. The van der Waals surface area contributed by atoms with E-state index in [1.54, 1.807) is 13.8 Å². The van der Waals surface area contributed by atoms with Crippen LogP contribution in [0.15, 0.2) is 25.3 Å². The SMILES string of the molecule is C=CCNC(=O)C[C@H](NC(=O)[C@@H](NC(=O)OCC=C)C(C)C)C(=O)OC. The van der Waals surface area contributed by atoms with Crippen molar-refractivity contribution in [2.24, 2.45) is 5.92 Å². The van der Waals surface area contributed by atoms with Crippen LogP contribution >= 0.6 is 0 Å². The first kappa shape index (κ1) is 23.2. The Bertz CT molecular complexity index is 533. The number of carbonyl (C=O) groups excluding carboxylic acids is 4. The lowest BCUT2D eigenvalue weighted by Gasteiger charge is -2.24. The van der Waals surface area contributed by atoms with Crippen LogP contribution in [0.1, 0.15) is 20.3 Å². The van der Waals surface area contributed by atoms with E-state index >= 15 is 0 Å². The summed E-state index contributed by atoms with van der Waals surface area (Å²) in [5.41, 5.74) is 0. The van der Waals surface area contributed by atoms with Crippen molar-refractivity contribution in [3.8, 4) is 0 Å². The van der Waals surface area contributed by atoms with Gasteiger partial charge in [0, 0.05) is 6.54 Å². The monoisotopic (exact) mass is 369 g/mol. The maximum Gasteiger partial charge on any atom is 0.408 e. The van der Waals surface area contributed by atoms with Gasteiger partial charge in [-0.3, -0.25) is 9.59 Å². The number of methoxy groups -OCH3 is 1. The van der Waals surface area contributed by atoms with Crippen molar-refractivity contribution in [3.63, 3.8) is 0 Å². The fourth-order valence-electron chi connectivity index (χ4n) is 1.88. The van der Waals surface area contributed by atoms with Crippen molar-refractivity contribution in [1.29, 1.82) is 0 Å². The predicted molar refractivity (Wildman–Crippen MR) is 95.1 cm³/mol. The Balaban J connectivity index is 5.01. The second-order valence-corrected chi connectivity index (χ2v) is 5.63. The van der Waals surface area contributed by atoms with Crippen molar-refractivity contribution >= 4 is 23.9 Å². The number of ether oxygens (including phenoxy) is 2. The summed E-state index contributed by atoms with van der Waals surface area (Å²) in [4.78, 5) is 47.8. The Morgan fingerprint density at radius 3 is 2.23 bits per heavy atom. The molecule has 26 heavy (non-hydrogen) atoms. The average Bonchev–Trinajstić information content (AvgIpc) is 2.60. The number of rotatable bonds is 11. The maximum absolute atomic E-state index is 12.5. The van der Waals surface area contributed by atoms with E-state index in [2.05, 4.69) is 33.8 Å². The molecule has 146 valence electrons. The fraction of sp³-hybridized carbons (Fsp3) is 0.529. The summed E-state index contributed by atoms with van der Waals surface area (Å²) in [6.07, 6.45) is 1.77. The van der Waals surface area contributed by atoms with Gasteiger partial charge in [0.15, 0.2) is 0 Å². The molecule has 0 fully saturated rings. The molecule has 0 aromatic carbocycles. The number of hydrogen-bond acceptors (Lipinski definition) is 6. The molecule has 3 amide bonds. The van der Waals surface area contributed by atoms with E-state index in [0.717, 1.165) is 7.11 Å². The summed E-state index contributed by atoms with van der Waals surface area (Å²) < 4.78 is 9.41. The number of nitrogens with one attached hydrogen (secondary N) is 3. The van der Waals surface area contributed by atoms with E-state index in [-0.39, 0.29) is 25.5 Å². The van der Waals surface area contributed by atoms with Crippen molar-refractivity contribution in [3.05, 3.63) is 25.3 Å². The van der Waals surface area contributed by atoms with E-state index in [1.165, 1.54) is 12.2 Å². The molecule has 0 saturated carbocycles. The van der Waals surface area contributed by atoms with Crippen molar-refractivity contribution in [2.45, 2.75) is 32.4 Å². The van der Waals surface area contributed by atoms with Gasteiger partial charge >= 0.3 is 12.1 Å². The molecule has 2 atom stereocenters. The lowest BCUT2D eigenvalue weighted by molar-refractivity contribution is -0.147. The van der Waals surface area contributed by atoms with Crippen LogP contribution in [0.5, 0.6) is 0 Å². The zero-order chi connectivity index (χ0) is 20.1. The van der Waals surface area contributed by atoms with Crippen LogP contribution in [0.4, 0.5) is 4.79 Å². The van der Waals surface area contributed by atoms with E-state index < -0.39 is 36.0 Å². The minimum absolute atomic E-state index is 0.00741. The predicted octanol–water partition coefficient (Wildman–Crippen LogP) is 0.273. The molecule has 0 heterocycles. The van der Waals surface area contributed by atoms with E-state index in [0.29, 0.717) is 0 Å². The highest BCUT2D eigenvalue weighted by Crippen LogP contribution is 2.05. The summed E-state index contributed by atoms with van der Waals surface area (Å²) >= 11 is 0. The minimum Gasteiger partial charge on any atom is -0.467 e. The Morgan fingerprint density at radius 2 is 1.73 bits per heavy atom. The van der Waals surface area contributed by atoms with Gasteiger partial charge in [0.2, 0.25) is 11.8 Å². The normalized spacial score (nSPS) is 12.3. The van der Waals surface area contributed by atoms with Crippen LogP contribution in [0.2, 0.25) is 0 Å². The lowest BCUT2D eigenvalue weighted by Crippen LogP contribution is -2.54. The molecular formula is C17H27N3O6. The lowest BCUT2D eigenvalue weighted by atomic mass is 10.0. The first-order valence-electron chi connectivity index (χ1n) is 8.06. The zero-order valence-corrected chi connectivity index (χ0v) is 15.4. The molecule has 0 radical (unpaired) electrons. The van der Waals surface area contributed by atoms with E-state index in [9.17, 15) is 19.2 Å². The molecule has 0 saturated heterocycles. The smallest absolute Gasteiger partial charge is 0.408 e. The van der Waals surface area contributed by atoms with Crippen LogP contribution in [0.25, 0.3) is 0 Å². The van der Waals surface area contributed by atoms with Gasteiger partial charge in [-0.15, -0.1) is 6.58 Å². The first-order valence-corrected chi connectivity index (χ1v) is 8.06. The summed E-state index contributed by atoms with van der Waals surface area (Å²) in [5.74, 6) is -2.16. The van der Waals surface area contributed by atoms with E-state index in [4.69, 9.17) is 4.74 Å². The number of carbonyl (C=O) groups is 4. The molecule has 0 aliphatic heterocycles. The summed E-state index contributed by atoms with van der Waals surface area (Å²) in [5, 5.41) is 7.35. The summed E-state index contributed by atoms with van der Waals surface area (Å²) in [7, 11) is 1.15. The maximum atomic E-state index is 12.5. The number of amides is 3. The topological polar surface area (TPSA) is 123 Å². The molecule has 0 aromatic heterocycles. The molecule has 0 aromatic rings. The molecule has 0 bridgehead atoms. The molecular weight excluding hydrogens is 342 g/mol. The molecule has 3 N–H and O–H groups in total. The van der Waals surface area contributed by atoms with Crippen molar-refractivity contribution in [1.82, 2.24) is 16.0 Å². The van der Waals surface area contributed by atoms with Crippen molar-refractivity contribution in [2.75, 3.05) is 20.3 Å². The highest BCUT2D eigenvalue weighted by molar-refractivity contribution is 5.92. The van der Waals surface area contributed by atoms with Gasteiger partial charge in [-0.25, -0.2) is 9.59 Å². The van der Waals surface area contributed by atoms with Gasteiger partial charge in [-0.2, -0.15) is 0 Å². The molecule has 0 aliphatic carbocycles. The summed E-state index contributed by atoms with van der Waals surface area (Å²) in [6, 6.07) is -2.15. The molecule has 9 nitrogen and oxygen atoms in total. The first-order chi connectivity index (χ1) is 12.3. The Morgan fingerprint density at radius 1 is 1.08 bits per heavy atom. The molecule has 9 heteroatoms. The third-order valence-electron chi connectivity index (χ3n) is 3.19. The van der Waals surface area contributed by atoms with Crippen LogP contribution in [0, 0.1) is 5.92 Å². The van der Waals surface area contributed by atoms with Crippen LogP contribution in [0.3, 0.4) is 0 Å². The van der Waals surface area contributed by atoms with Gasteiger partial charge in [0.25, 0.3) is 0 Å². The largest absolute Gasteiger partial charge is 0.467 e. The second-order valence-electron chi connectivity index (χ2n) is 5.63. The van der Waals surface area contributed by atoms with Crippen LogP contribution in [-0.2, 0) is 23.9 Å². The van der Waals surface area contributed by atoms with Gasteiger partial charge in [-0.05, 0) is 5.92 Å². The van der Waals surface area contributed by atoms with Gasteiger partial charge in [-0.1, -0.05) is 32.6 Å². The average molecular weight is 369 g/mol. The highest BCUT2D eigenvalue weighted by Gasteiger charge is 2.30. The zero-order valence-electron chi connectivity index (χ0n) is 15.4.